The number of hydrogen-bond acceptors (Lipinski definition) is 20. The monoisotopic (exact) mass is 1320 g/mol. The Morgan fingerprint density at radius 3 is 2.34 bits per heavy atom. The maximum absolute atomic E-state index is 14.4. The molecule has 0 saturated carbocycles. The highest BCUT2D eigenvalue weighted by Crippen LogP contribution is 2.49. The highest BCUT2D eigenvalue weighted by atomic mass is 35.5. The van der Waals surface area contributed by atoms with E-state index in [1.54, 1.807) is 38.1 Å². The molecule has 93 heavy (non-hydrogen) atoms. The molecule has 9 amide bonds. The van der Waals surface area contributed by atoms with Gasteiger partial charge >= 0.3 is 30.3 Å². The molecular weight excluding hydrogens is 1230 g/mol. The summed E-state index contributed by atoms with van der Waals surface area (Å²) >= 11 is 6.83. The van der Waals surface area contributed by atoms with Gasteiger partial charge in [0.05, 0.1) is 43.3 Å². The average molecular weight is 1320 g/mol. The zero-order chi connectivity index (χ0) is 68.1. The number of nitrogens with one attached hydrogen (secondary N) is 3. The van der Waals surface area contributed by atoms with E-state index in [0.717, 1.165) is 52.4 Å². The van der Waals surface area contributed by atoms with Crippen LogP contribution in [-0.2, 0) is 65.4 Å². The minimum Gasteiger partial charge on any atom is -0.495 e. The number of anilines is 1. The first-order valence-corrected chi connectivity index (χ1v) is 30.9. The van der Waals surface area contributed by atoms with Crippen molar-refractivity contribution in [1.29, 1.82) is 0 Å². The third-order valence-corrected chi connectivity index (χ3v) is 17.5. The molecule has 4 aliphatic heterocycles. The number of methoxy groups -OCH3 is 2. The number of esters is 1. The van der Waals surface area contributed by atoms with Crippen LogP contribution in [0.4, 0.5) is 24.9 Å². The molecule has 29 heteroatoms. The van der Waals surface area contributed by atoms with Crippen LogP contribution < -0.4 is 36.1 Å². The Morgan fingerprint density at radius 2 is 1.66 bits per heavy atom. The standard InChI is InChI=1S/C64H84ClN9O19/c1-37-16-15-19-49(87-10)64(85)35-48(91-60(82)69-64)38(2)56-63(4,93-56)50(34-54(78)73(8)45-32-41(30-37)33-47(86-9)55(45)65)92-58(80)39(3)72(7)51(75)24-29-88-61(83)70(5)27-28-71(6)62(84)89-36-40-20-21-46(90-59(81)68-44-18-14-12-11-13-17-43(44)66)42(31-40)57(79)67-25-26-74-52(76)22-23-53(74)77/h13,15-17,19-23,31-33,38-39,43-44,48-50,56,85H,11-12,14,18,24-30,34-36,66H2,1-10H3,(H,67,79)(H,68,81)(H,69,82)/b17-13+,19-15+,37-16+/t38-,39+,43+,44?,48+,49-,50+,56+,63+,64+/m1/s1. The van der Waals surface area contributed by atoms with Crippen LogP contribution in [0.2, 0.25) is 5.02 Å². The van der Waals surface area contributed by atoms with Gasteiger partial charge in [0.15, 0.2) is 5.72 Å². The van der Waals surface area contributed by atoms with Crippen molar-refractivity contribution in [2.24, 2.45) is 11.7 Å². The highest BCUT2D eigenvalue weighted by molar-refractivity contribution is 6.35. The number of amides is 9. The summed E-state index contributed by atoms with van der Waals surface area (Å²) in [5, 5.41) is 19.9. The van der Waals surface area contributed by atoms with Crippen molar-refractivity contribution in [3.8, 4) is 11.5 Å². The van der Waals surface area contributed by atoms with Crippen LogP contribution >= 0.6 is 11.6 Å². The number of nitrogens with two attached hydrogens (primary N) is 1. The summed E-state index contributed by atoms with van der Waals surface area (Å²) in [6.45, 7) is 5.60. The normalized spacial score (nSPS) is 26.2. The van der Waals surface area contributed by atoms with Gasteiger partial charge in [0, 0.05) is 92.0 Å². The Hall–Kier alpha value is -8.57. The molecule has 10 atom stereocenters. The topological polar surface area (TPSA) is 346 Å². The van der Waals surface area contributed by atoms with Gasteiger partial charge in [-0.2, -0.15) is 0 Å². The average Bonchev–Trinajstić information content (AvgIpc) is 1.68. The lowest BCUT2D eigenvalue weighted by Gasteiger charge is -2.42. The molecule has 2 fully saturated rings. The third kappa shape index (κ3) is 18.4. The van der Waals surface area contributed by atoms with E-state index in [1.807, 2.05) is 25.2 Å². The maximum Gasteiger partial charge on any atom is 0.412 e. The van der Waals surface area contributed by atoms with Crippen molar-refractivity contribution in [3.05, 3.63) is 100 Å². The number of rotatable bonds is 19. The minimum atomic E-state index is -1.92. The molecule has 2 aromatic carbocycles. The van der Waals surface area contributed by atoms with Gasteiger partial charge in [0.25, 0.3) is 17.7 Å². The van der Waals surface area contributed by atoms with E-state index in [0.29, 0.717) is 29.8 Å². The van der Waals surface area contributed by atoms with Crippen molar-refractivity contribution in [2.75, 3.05) is 80.1 Å². The van der Waals surface area contributed by atoms with Crippen LogP contribution in [0.1, 0.15) is 94.1 Å². The number of allylic oxidation sites excluding steroid dienone is 4. The van der Waals surface area contributed by atoms with Crippen LogP contribution in [0.5, 0.6) is 11.5 Å². The molecule has 2 saturated heterocycles. The van der Waals surface area contributed by atoms with Crippen molar-refractivity contribution in [1.82, 2.24) is 35.6 Å². The molecule has 6 N–H and O–H groups in total. The Kier molecular flexibility index (Phi) is 24.6. The van der Waals surface area contributed by atoms with Crippen LogP contribution in [0.3, 0.4) is 0 Å². The first-order valence-electron chi connectivity index (χ1n) is 30.5. The van der Waals surface area contributed by atoms with Crippen LogP contribution in [0.15, 0.2) is 78.4 Å². The molecule has 28 nitrogen and oxygen atoms in total. The van der Waals surface area contributed by atoms with Gasteiger partial charge in [-0.3, -0.25) is 34.2 Å². The molecule has 0 radical (unpaired) electrons. The first-order chi connectivity index (χ1) is 44.1. The second kappa shape index (κ2) is 31.8. The maximum atomic E-state index is 14.4. The van der Waals surface area contributed by atoms with Crippen molar-refractivity contribution in [3.63, 3.8) is 0 Å². The summed E-state index contributed by atoms with van der Waals surface area (Å²) in [5.41, 5.74) is 5.13. The van der Waals surface area contributed by atoms with Crippen LogP contribution in [-0.4, -0.2) is 214 Å². The smallest absolute Gasteiger partial charge is 0.412 e. The number of fused-ring (bicyclic) bond motifs is 5. The van der Waals surface area contributed by atoms with E-state index in [2.05, 4.69) is 16.0 Å². The van der Waals surface area contributed by atoms with Crippen LogP contribution in [0.25, 0.3) is 0 Å². The highest BCUT2D eigenvalue weighted by Gasteiger charge is 2.64. The second-order valence-corrected chi connectivity index (χ2v) is 24.2. The van der Waals surface area contributed by atoms with Gasteiger partial charge in [-0.15, -0.1) is 0 Å². The fourth-order valence-corrected chi connectivity index (χ4v) is 11.4. The number of nitrogens with zero attached hydrogens (tertiary/aromatic N) is 5. The van der Waals surface area contributed by atoms with Crippen molar-refractivity contribution < 1.29 is 90.9 Å². The number of aliphatic hydroxyl groups is 1. The minimum absolute atomic E-state index is 0.0411. The van der Waals surface area contributed by atoms with E-state index in [4.69, 9.17) is 55.2 Å². The molecule has 0 aromatic heterocycles. The molecule has 5 aliphatic rings. The molecule has 1 unspecified atom stereocenters. The Labute approximate surface area is 544 Å². The third-order valence-electron chi connectivity index (χ3n) is 17.1. The lowest BCUT2D eigenvalue weighted by molar-refractivity contribution is -0.162. The van der Waals surface area contributed by atoms with Gasteiger partial charge in [-0.05, 0) is 81.8 Å². The number of carbonyl (C=O) groups is 10. The van der Waals surface area contributed by atoms with Gasteiger partial charge in [0.2, 0.25) is 11.8 Å². The van der Waals surface area contributed by atoms with Gasteiger partial charge < -0.3 is 79.0 Å². The zero-order valence-corrected chi connectivity index (χ0v) is 54.7. The molecule has 4 bridgehead atoms. The summed E-state index contributed by atoms with van der Waals surface area (Å²) in [5.74, 6) is -4.31. The zero-order valence-electron chi connectivity index (χ0n) is 53.9. The summed E-state index contributed by atoms with van der Waals surface area (Å²) < 4.78 is 45.9. The fourth-order valence-electron chi connectivity index (χ4n) is 11.1. The summed E-state index contributed by atoms with van der Waals surface area (Å²) in [4.78, 5) is 138. The number of hydrogen-bond donors (Lipinski definition) is 5. The number of halogens is 1. The molecule has 1 aliphatic carbocycles. The van der Waals surface area contributed by atoms with E-state index in [-0.39, 0.29) is 62.0 Å². The lowest BCUT2D eigenvalue weighted by Crippen LogP contribution is -2.63. The van der Waals surface area contributed by atoms with E-state index < -0.39 is 133 Å². The summed E-state index contributed by atoms with van der Waals surface area (Å²) in [7, 11) is 8.55. The fraction of sp³-hybridized carbons (Fsp3) is 0.531. The molecule has 4 heterocycles. The number of benzene rings is 2. The molecule has 0 spiro atoms. The summed E-state index contributed by atoms with van der Waals surface area (Å²) in [6.07, 6.45) is 6.36. The lowest BCUT2D eigenvalue weighted by atomic mass is 9.83. The van der Waals surface area contributed by atoms with Crippen molar-refractivity contribution in [2.45, 2.75) is 140 Å². The van der Waals surface area contributed by atoms with Gasteiger partial charge in [-0.25, -0.2) is 24.0 Å². The Morgan fingerprint density at radius 1 is 0.957 bits per heavy atom. The molecular formula is C64H84ClN9O19. The predicted molar refractivity (Wildman–Crippen MR) is 336 cm³/mol. The largest absolute Gasteiger partial charge is 0.495 e. The Bertz CT molecular complexity index is 3270. The number of carbonyl (C=O) groups excluding carboxylic acids is 10. The number of epoxide rings is 1. The van der Waals surface area contributed by atoms with E-state index >= 15 is 0 Å². The van der Waals surface area contributed by atoms with Gasteiger partial charge in [0.1, 0.15) is 59.7 Å². The molecule has 506 valence electrons. The first kappa shape index (κ1) is 71.9. The summed E-state index contributed by atoms with van der Waals surface area (Å²) in [6, 6.07) is 5.54. The number of likely N-dealkylation sites (N-methyl/N-ethyl adjacent to an activating group) is 3. The number of alkyl carbamates (subject to hydrolysis) is 1. The number of imide groups is 1. The number of ether oxygens (including phenoxy) is 8. The van der Waals surface area contributed by atoms with Crippen molar-refractivity contribution >= 4 is 77.2 Å². The second-order valence-electron chi connectivity index (χ2n) is 23.8. The molecule has 2 aromatic rings. The Balaban J connectivity index is 0.929. The molecule has 7 rings (SSSR count). The van der Waals surface area contributed by atoms with Crippen LogP contribution in [0, 0.1) is 5.92 Å². The SMILES string of the molecule is COc1cc2cc(c1Cl)N(C)C(=O)C[C@H](OC(=O)[C@H](C)N(C)C(=O)CCOC(=O)N(C)CCN(C)C(=O)OCc1ccc(OC(=O)NC3CCCC/C=C/[C@@H]3N)c(C(=O)NCCN3C(=O)C=CC3=O)c1)[C@]1(C)O[C@H]1[C@H](C)[C@@H]1C[C@@](O)(NC(=O)O1)[C@H](OC)/C=C/C=C(\C)C2. The van der Waals surface area contributed by atoms with E-state index in [9.17, 15) is 53.1 Å². The quantitative estimate of drug-likeness (QED) is 0.0414. The van der Waals surface area contributed by atoms with E-state index in [1.165, 1.54) is 82.2 Å². The van der Waals surface area contributed by atoms with Gasteiger partial charge in [-0.1, -0.05) is 67.0 Å². The predicted octanol–water partition coefficient (Wildman–Crippen LogP) is 4.81.